The molecule has 11 heteroatoms. The molecule has 0 spiro atoms. The summed E-state index contributed by atoms with van der Waals surface area (Å²) in [7, 11) is 1.63. The van der Waals surface area contributed by atoms with Gasteiger partial charge in [-0.1, -0.05) is 36.4 Å². The van der Waals surface area contributed by atoms with Crippen LogP contribution in [0, 0.1) is 5.82 Å². The molecule has 0 aliphatic carbocycles. The van der Waals surface area contributed by atoms with Gasteiger partial charge >= 0.3 is 6.36 Å². The second-order valence-corrected chi connectivity index (χ2v) is 8.84. The van der Waals surface area contributed by atoms with Crippen LogP contribution in [0.4, 0.5) is 23.5 Å². The molecule has 1 unspecified atom stereocenters. The summed E-state index contributed by atoms with van der Waals surface area (Å²) in [6.45, 7) is 1.76. The number of aromatic nitrogens is 3. The Morgan fingerprint density at radius 3 is 2.37 bits per heavy atom. The number of benzene rings is 2. The second-order valence-electron chi connectivity index (χ2n) is 8.84. The van der Waals surface area contributed by atoms with Crippen molar-refractivity contribution in [3.8, 4) is 28.1 Å². The van der Waals surface area contributed by atoms with E-state index < -0.39 is 12.2 Å². The molecule has 0 bridgehead atoms. The van der Waals surface area contributed by atoms with Gasteiger partial charge in [0.05, 0.1) is 11.9 Å². The van der Waals surface area contributed by atoms with Crippen LogP contribution in [-0.4, -0.2) is 40.5 Å². The summed E-state index contributed by atoms with van der Waals surface area (Å²) >= 11 is 0. The Bertz CT molecular complexity index is 1490. The molecule has 1 N–H and O–H groups in total. The van der Waals surface area contributed by atoms with E-state index >= 15 is 0 Å². The summed E-state index contributed by atoms with van der Waals surface area (Å²) in [6, 6.07) is 16.1. The number of anilines is 1. The van der Waals surface area contributed by atoms with Crippen molar-refractivity contribution in [1.29, 1.82) is 0 Å². The van der Waals surface area contributed by atoms with Gasteiger partial charge in [-0.05, 0) is 34.9 Å². The molecule has 196 valence electrons. The van der Waals surface area contributed by atoms with Gasteiger partial charge in [-0.2, -0.15) is 0 Å². The Hall–Kier alpha value is -4.25. The van der Waals surface area contributed by atoms with Crippen molar-refractivity contribution in [1.82, 2.24) is 19.9 Å². The van der Waals surface area contributed by atoms with Crippen LogP contribution in [-0.2, 0) is 7.05 Å². The number of halogens is 4. The Morgan fingerprint density at radius 2 is 1.71 bits per heavy atom. The van der Waals surface area contributed by atoms with Crippen molar-refractivity contribution in [2.75, 3.05) is 24.5 Å². The number of alkyl halides is 3. The first kappa shape index (κ1) is 25.4. The highest BCUT2D eigenvalue weighted by Crippen LogP contribution is 2.29. The van der Waals surface area contributed by atoms with Crippen LogP contribution in [0.2, 0.25) is 0 Å². The highest BCUT2D eigenvalue weighted by Gasteiger charge is 2.31. The summed E-state index contributed by atoms with van der Waals surface area (Å²) in [5.41, 5.74) is 2.75. The third kappa shape index (κ3) is 5.52. The maximum Gasteiger partial charge on any atom is 0.573 e. The number of rotatable bonds is 5. The van der Waals surface area contributed by atoms with E-state index in [1.807, 2.05) is 29.2 Å². The van der Waals surface area contributed by atoms with Crippen LogP contribution in [0.1, 0.15) is 11.6 Å². The van der Waals surface area contributed by atoms with Crippen molar-refractivity contribution in [3.63, 3.8) is 0 Å². The molecular formula is C27H23F4N5O2. The first-order valence-electron chi connectivity index (χ1n) is 11.8. The zero-order valence-corrected chi connectivity index (χ0v) is 20.2. The Balaban J connectivity index is 1.35. The lowest BCUT2D eigenvalue weighted by molar-refractivity contribution is -0.274. The van der Waals surface area contributed by atoms with E-state index in [1.165, 1.54) is 35.0 Å². The monoisotopic (exact) mass is 525 g/mol. The topological polar surface area (TPSA) is 72.3 Å². The lowest BCUT2D eigenvalue weighted by Crippen LogP contribution is -2.47. The quantitative estimate of drug-likeness (QED) is 0.381. The molecule has 7 nitrogen and oxygen atoms in total. The molecule has 1 aliphatic heterocycles. The Kier molecular flexibility index (Phi) is 6.85. The van der Waals surface area contributed by atoms with E-state index in [0.29, 0.717) is 25.6 Å². The number of nitrogens with one attached hydrogen (secondary N) is 1. The van der Waals surface area contributed by atoms with Gasteiger partial charge in [-0.15, -0.1) is 13.2 Å². The van der Waals surface area contributed by atoms with Crippen LogP contribution in [0.5, 0.6) is 5.75 Å². The molecule has 1 atom stereocenters. The van der Waals surface area contributed by atoms with Gasteiger partial charge < -0.3 is 15.0 Å². The minimum absolute atomic E-state index is 0.0708. The number of piperazine rings is 1. The first-order valence-corrected chi connectivity index (χ1v) is 11.8. The lowest BCUT2D eigenvalue weighted by Gasteiger charge is -2.35. The molecule has 3 heterocycles. The summed E-state index contributed by atoms with van der Waals surface area (Å²) in [5.74, 6) is -0.392. The zero-order valence-electron chi connectivity index (χ0n) is 20.2. The van der Waals surface area contributed by atoms with Crippen LogP contribution in [0.25, 0.3) is 22.4 Å². The van der Waals surface area contributed by atoms with E-state index in [9.17, 15) is 22.4 Å². The van der Waals surface area contributed by atoms with E-state index in [-0.39, 0.29) is 28.6 Å². The predicted molar refractivity (Wildman–Crippen MR) is 134 cm³/mol. The smallest absolute Gasteiger partial charge is 0.406 e. The van der Waals surface area contributed by atoms with E-state index in [2.05, 4.69) is 20.0 Å². The standard InChI is InChI=1S/C27H23F4N5O2/c1-35-25(37)14-23(21-10-11-32-15-22(21)28)34-26(35)36-13-12-33-24(16-36)19-4-2-17(3-5-19)18-6-8-20(9-7-18)38-27(29,30)31/h2-11,14-15,24,33H,12-13,16H2,1H3. The molecule has 4 aromatic rings. The first-order chi connectivity index (χ1) is 18.2. The fourth-order valence-electron chi connectivity index (χ4n) is 4.44. The molecule has 0 saturated carbocycles. The van der Waals surface area contributed by atoms with Gasteiger partial charge in [0.25, 0.3) is 5.56 Å². The van der Waals surface area contributed by atoms with E-state index in [4.69, 9.17) is 0 Å². The van der Waals surface area contributed by atoms with Crippen molar-refractivity contribution in [3.05, 3.63) is 94.8 Å². The normalized spacial score (nSPS) is 15.9. The fraction of sp³-hybridized carbons (Fsp3) is 0.222. The lowest BCUT2D eigenvalue weighted by atomic mass is 9.99. The number of hydrogen-bond donors (Lipinski definition) is 1. The predicted octanol–water partition coefficient (Wildman–Crippen LogP) is 4.70. The summed E-state index contributed by atoms with van der Waals surface area (Å²) in [4.78, 5) is 23.0. The molecule has 1 aliphatic rings. The zero-order chi connectivity index (χ0) is 26.9. The van der Waals surface area contributed by atoms with E-state index in [0.717, 1.165) is 22.9 Å². The van der Waals surface area contributed by atoms with Gasteiger partial charge in [-0.25, -0.2) is 9.37 Å². The van der Waals surface area contributed by atoms with E-state index in [1.54, 1.807) is 19.2 Å². The highest BCUT2D eigenvalue weighted by atomic mass is 19.4. The summed E-state index contributed by atoms with van der Waals surface area (Å²) in [6.07, 6.45) is -2.20. The second kappa shape index (κ2) is 10.3. The van der Waals surface area contributed by atoms with Crippen LogP contribution >= 0.6 is 0 Å². The largest absolute Gasteiger partial charge is 0.573 e. The highest BCUT2D eigenvalue weighted by molar-refractivity contribution is 5.65. The minimum atomic E-state index is -4.73. The number of pyridine rings is 1. The SMILES string of the molecule is Cn1c(N2CCNC(c3ccc(-c4ccc(OC(F)(F)F)cc4)cc3)C2)nc(-c2ccncc2F)cc1=O. The van der Waals surface area contributed by atoms with Crippen molar-refractivity contribution < 1.29 is 22.3 Å². The molecule has 5 rings (SSSR count). The van der Waals surface area contributed by atoms with Gasteiger partial charge in [0.1, 0.15) is 5.75 Å². The van der Waals surface area contributed by atoms with Gasteiger partial charge in [0, 0.05) is 50.6 Å². The molecule has 1 fully saturated rings. The van der Waals surface area contributed by atoms with Gasteiger partial charge in [-0.3, -0.25) is 14.3 Å². The van der Waals surface area contributed by atoms with Crippen molar-refractivity contribution in [2.24, 2.45) is 7.05 Å². The van der Waals surface area contributed by atoms with Gasteiger partial charge in [0.15, 0.2) is 5.82 Å². The third-order valence-corrected chi connectivity index (χ3v) is 6.35. The average Bonchev–Trinajstić information content (AvgIpc) is 2.90. The van der Waals surface area contributed by atoms with Crippen molar-refractivity contribution in [2.45, 2.75) is 12.4 Å². The van der Waals surface area contributed by atoms with Gasteiger partial charge in [0.2, 0.25) is 5.95 Å². The minimum Gasteiger partial charge on any atom is -0.406 e. The Morgan fingerprint density at radius 1 is 1.03 bits per heavy atom. The maximum atomic E-state index is 14.3. The van der Waals surface area contributed by atoms with Crippen LogP contribution in [0.3, 0.4) is 0 Å². The molecular weight excluding hydrogens is 502 g/mol. The number of hydrogen-bond acceptors (Lipinski definition) is 6. The number of ether oxygens (including phenoxy) is 1. The molecule has 1 saturated heterocycles. The molecule has 0 radical (unpaired) electrons. The maximum absolute atomic E-state index is 14.3. The number of nitrogens with zero attached hydrogens (tertiary/aromatic N) is 4. The molecule has 2 aromatic heterocycles. The molecule has 0 amide bonds. The third-order valence-electron chi connectivity index (χ3n) is 6.35. The average molecular weight is 526 g/mol. The Labute approximate surface area is 215 Å². The van der Waals surface area contributed by atoms with Crippen molar-refractivity contribution >= 4 is 5.95 Å². The molecule has 2 aromatic carbocycles. The summed E-state index contributed by atoms with van der Waals surface area (Å²) in [5, 5.41) is 3.46. The van der Waals surface area contributed by atoms with Crippen LogP contribution < -0.4 is 20.5 Å². The fourth-order valence-corrected chi connectivity index (χ4v) is 4.44. The molecule has 38 heavy (non-hydrogen) atoms. The van der Waals surface area contributed by atoms with Crippen LogP contribution in [0.15, 0.2) is 77.9 Å². The summed E-state index contributed by atoms with van der Waals surface area (Å²) < 4.78 is 56.9.